The van der Waals surface area contributed by atoms with Crippen molar-refractivity contribution >= 4 is 5.91 Å². The summed E-state index contributed by atoms with van der Waals surface area (Å²) < 4.78 is 11.0. The molecule has 1 aromatic heterocycles. The molecule has 1 amide bonds. The third-order valence-corrected chi connectivity index (χ3v) is 2.97. The monoisotopic (exact) mass is 288 g/mol. The quantitative estimate of drug-likeness (QED) is 0.664. The summed E-state index contributed by atoms with van der Waals surface area (Å²) >= 11 is 0. The molecule has 21 heavy (non-hydrogen) atoms. The molecule has 1 heterocycles. The van der Waals surface area contributed by atoms with Crippen LogP contribution in [0.25, 0.3) is 0 Å². The lowest BCUT2D eigenvalue weighted by Gasteiger charge is -2.10. The van der Waals surface area contributed by atoms with Crippen molar-refractivity contribution in [3.63, 3.8) is 0 Å². The summed E-state index contributed by atoms with van der Waals surface area (Å²) in [7, 11) is 3.12. The van der Waals surface area contributed by atoms with Crippen LogP contribution in [0.4, 0.5) is 0 Å². The average Bonchev–Trinajstić information content (AvgIpc) is 2.52. The Morgan fingerprint density at radius 3 is 2.43 bits per heavy atom. The highest BCUT2D eigenvalue weighted by molar-refractivity contribution is 5.93. The predicted molar refractivity (Wildman–Crippen MR) is 76.1 cm³/mol. The number of rotatable bonds is 5. The van der Waals surface area contributed by atoms with Gasteiger partial charge in [-0.25, -0.2) is 0 Å². The molecule has 0 atom stereocenters. The molecule has 0 fully saturated rings. The van der Waals surface area contributed by atoms with Gasteiger partial charge in [0.05, 0.1) is 19.8 Å². The number of hydrogen-bond acceptors (Lipinski definition) is 4. The first-order valence-electron chi connectivity index (χ1n) is 6.32. The molecule has 0 aliphatic heterocycles. The van der Waals surface area contributed by atoms with E-state index in [1.807, 2.05) is 6.07 Å². The van der Waals surface area contributed by atoms with E-state index in [9.17, 15) is 10.0 Å². The van der Waals surface area contributed by atoms with Crippen molar-refractivity contribution in [3.05, 3.63) is 59.1 Å². The highest BCUT2D eigenvalue weighted by Crippen LogP contribution is 2.27. The summed E-state index contributed by atoms with van der Waals surface area (Å²) in [6, 6.07) is 8.37. The lowest BCUT2D eigenvalue weighted by Crippen LogP contribution is -2.27. The van der Waals surface area contributed by atoms with E-state index < -0.39 is 0 Å². The first kappa shape index (κ1) is 14.6. The van der Waals surface area contributed by atoms with Crippen molar-refractivity contribution in [1.82, 2.24) is 5.32 Å². The molecule has 1 aromatic carbocycles. The molecular weight excluding hydrogens is 272 g/mol. The van der Waals surface area contributed by atoms with Gasteiger partial charge in [0.1, 0.15) is 0 Å². The Kier molecular flexibility index (Phi) is 4.61. The molecule has 0 radical (unpaired) electrons. The van der Waals surface area contributed by atoms with Gasteiger partial charge in [-0.15, -0.1) is 0 Å². The van der Waals surface area contributed by atoms with Crippen LogP contribution in [0.5, 0.6) is 11.5 Å². The van der Waals surface area contributed by atoms with Crippen molar-refractivity contribution in [2.24, 2.45) is 0 Å². The molecule has 1 N–H and O–H groups in total. The summed E-state index contributed by atoms with van der Waals surface area (Å²) in [6.45, 7) is 0.353. The summed E-state index contributed by atoms with van der Waals surface area (Å²) in [5.41, 5.74) is 1.32. The topological polar surface area (TPSA) is 74.5 Å². The van der Waals surface area contributed by atoms with Crippen LogP contribution in [0.2, 0.25) is 0 Å². The van der Waals surface area contributed by atoms with Crippen LogP contribution in [0.1, 0.15) is 15.9 Å². The van der Waals surface area contributed by atoms with E-state index in [4.69, 9.17) is 9.47 Å². The van der Waals surface area contributed by atoms with Gasteiger partial charge in [0.2, 0.25) is 0 Å². The van der Waals surface area contributed by atoms with Gasteiger partial charge in [0.15, 0.2) is 23.9 Å². The van der Waals surface area contributed by atoms with Crippen LogP contribution in [0.15, 0.2) is 42.7 Å². The fourth-order valence-electron chi connectivity index (χ4n) is 1.84. The van der Waals surface area contributed by atoms with E-state index in [0.29, 0.717) is 28.3 Å². The van der Waals surface area contributed by atoms with Crippen LogP contribution in [0, 0.1) is 5.21 Å². The number of ether oxygens (including phenoxy) is 2. The molecule has 0 saturated heterocycles. The zero-order valence-electron chi connectivity index (χ0n) is 11.8. The van der Waals surface area contributed by atoms with E-state index in [1.165, 1.54) is 24.5 Å². The van der Waals surface area contributed by atoms with Gasteiger partial charge in [-0.05, 0) is 17.7 Å². The number of pyridine rings is 1. The number of benzene rings is 1. The number of aromatic nitrogens is 1. The summed E-state index contributed by atoms with van der Waals surface area (Å²) in [5.74, 6) is 0.998. The SMILES string of the molecule is COc1ccc(CNC(=O)c2cc[n+]([O-])cc2)cc1OC. The average molecular weight is 288 g/mol. The standard InChI is InChI=1S/C15H16N2O4/c1-20-13-4-3-11(9-14(13)21-2)10-16-15(18)12-5-7-17(19)8-6-12/h3-9H,10H2,1-2H3,(H,16,18). The molecule has 110 valence electrons. The van der Waals surface area contributed by atoms with Crippen molar-refractivity contribution in [2.75, 3.05) is 14.2 Å². The molecule has 0 spiro atoms. The number of carbonyl (C=O) groups is 1. The van der Waals surface area contributed by atoms with E-state index in [2.05, 4.69) is 5.32 Å². The molecular formula is C15H16N2O4. The molecule has 0 bridgehead atoms. The molecule has 6 heteroatoms. The van der Waals surface area contributed by atoms with Gasteiger partial charge >= 0.3 is 0 Å². The maximum absolute atomic E-state index is 11.9. The minimum absolute atomic E-state index is 0.245. The van der Waals surface area contributed by atoms with Gasteiger partial charge < -0.3 is 20.0 Å². The normalized spacial score (nSPS) is 10.0. The third kappa shape index (κ3) is 3.62. The Morgan fingerprint density at radius 2 is 1.81 bits per heavy atom. The Hall–Kier alpha value is -2.76. The fraction of sp³-hybridized carbons (Fsp3) is 0.200. The molecule has 6 nitrogen and oxygen atoms in total. The molecule has 0 saturated carbocycles. The van der Waals surface area contributed by atoms with Crippen LogP contribution in [0.3, 0.4) is 0 Å². The third-order valence-electron chi connectivity index (χ3n) is 2.97. The lowest BCUT2D eigenvalue weighted by atomic mass is 10.2. The summed E-state index contributed by atoms with van der Waals surface area (Å²) in [4.78, 5) is 11.9. The minimum atomic E-state index is -0.245. The minimum Gasteiger partial charge on any atom is -0.619 e. The first-order valence-corrected chi connectivity index (χ1v) is 6.32. The van der Waals surface area contributed by atoms with Gasteiger partial charge in [-0.2, -0.15) is 4.73 Å². The van der Waals surface area contributed by atoms with Gasteiger partial charge in [0, 0.05) is 18.7 Å². The molecule has 0 aliphatic carbocycles. The van der Waals surface area contributed by atoms with Crippen molar-refractivity contribution in [1.29, 1.82) is 0 Å². The maximum atomic E-state index is 11.9. The van der Waals surface area contributed by atoms with Crippen molar-refractivity contribution in [3.8, 4) is 11.5 Å². The number of methoxy groups -OCH3 is 2. The zero-order chi connectivity index (χ0) is 15.2. The fourth-order valence-corrected chi connectivity index (χ4v) is 1.84. The van der Waals surface area contributed by atoms with E-state index in [1.54, 1.807) is 26.4 Å². The second-order valence-electron chi connectivity index (χ2n) is 4.32. The van der Waals surface area contributed by atoms with Gasteiger partial charge in [0.25, 0.3) is 5.91 Å². The largest absolute Gasteiger partial charge is 0.619 e. The maximum Gasteiger partial charge on any atom is 0.252 e. The van der Waals surface area contributed by atoms with E-state index in [-0.39, 0.29) is 5.91 Å². The first-order chi connectivity index (χ1) is 10.1. The van der Waals surface area contributed by atoms with Gasteiger partial charge in [-0.3, -0.25) is 4.79 Å². The van der Waals surface area contributed by atoms with Crippen LogP contribution in [-0.2, 0) is 6.54 Å². The Labute approximate surface area is 122 Å². The Morgan fingerprint density at radius 1 is 1.14 bits per heavy atom. The zero-order valence-corrected chi connectivity index (χ0v) is 11.8. The van der Waals surface area contributed by atoms with Gasteiger partial charge in [-0.1, -0.05) is 6.07 Å². The number of carbonyl (C=O) groups excluding carboxylic acids is 1. The van der Waals surface area contributed by atoms with Crippen LogP contribution in [-0.4, -0.2) is 20.1 Å². The molecule has 0 unspecified atom stereocenters. The number of nitrogens with zero attached hydrogens (tertiary/aromatic N) is 1. The van der Waals surface area contributed by atoms with Crippen LogP contribution >= 0.6 is 0 Å². The van der Waals surface area contributed by atoms with Crippen molar-refractivity contribution < 1.29 is 19.0 Å². The summed E-state index contributed by atoms with van der Waals surface area (Å²) in [5, 5.41) is 13.7. The number of amides is 1. The van der Waals surface area contributed by atoms with Crippen molar-refractivity contribution in [2.45, 2.75) is 6.54 Å². The van der Waals surface area contributed by atoms with E-state index >= 15 is 0 Å². The van der Waals surface area contributed by atoms with Crippen LogP contribution < -0.4 is 19.5 Å². The highest BCUT2D eigenvalue weighted by Gasteiger charge is 2.08. The Balaban J connectivity index is 2.02. The molecule has 2 aromatic rings. The Bertz CT molecular complexity index is 626. The number of nitrogens with one attached hydrogen (secondary N) is 1. The summed E-state index contributed by atoms with van der Waals surface area (Å²) in [6.07, 6.45) is 2.57. The smallest absolute Gasteiger partial charge is 0.252 e. The van der Waals surface area contributed by atoms with E-state index in [0.717, 1.165) is 5.56 Å². The lowest BCUT2D eigenvalue weighted by molar-refractivity contribution is -0.605. The molecule has 2 rings (SSSR count). The number of hydrogen-bond donors (Lipinski definition) is 1. The second-order valence-corrected chi connectivity index (χ2v) is 4.32. The highest BCUT2D eigenvalue weighted by atomic mass is 16.5. The second kappa shape index (κ2) is 6.60. The molecule has 0 aliphatic rings. The predicted octanol–water partition coefficient (Wildman–Crippen LogP) is 1.27.